The van der Waals surface area contributed by atoms with Crippen LogP contribution in [0.4, 0.5) is 0 Å². The average molecular weight is 216 g/mol. The number of nitrogens with two attached hydrogens (primary N) is 1. The fraction of sp³-hybridized carbons (Fsp3) is 0.400. The van der Waals surface area contributed by atoms with Gasteiger partial charge in [0, 0.05) is 21.7 Å². The van der Waals surface area contributed by atoms with Crippen LogP contribution in [0.25, 0.3) is 0 Å². The van der Waals surface area contributed by atoms with Gasteiger partial charge in [0.2, 0.25) is 0 Å². The highest BCUT2D eigenvalue weighted by Gasteiger charge is 2.31. The molecule has 1 unspecified atom stereocenters. The minimum atomic E-state index is 0.0150. The second-order valence-electron chi connectivity index (χ2n) is 3.50. The summed E-state index contributed by atoms with van der Waals surface area (Å²) in [6, 6.07) is 5.53. The quantitative estimate of drug-likeness (QED) is 0.805. The van der Waals surface area contributed by atoms with E-state index in [1.54, 1.807) is 0 Å². The lowest BCUT2D eigenvalue weighted by Crippen LogP contribution is -2.13. The second-order valence-corrected chi connectivity index (χ2v) is 4.31. The minimum absolute atomic E-state index is 0.0150. The van der Waals surface area contributed by atoms with Gasteiger partial charge < -0.3 is 5.73 Å². The summed E-state index contributed by atoms with van der Waals surface area (Å²) in [7, 11) is 0. The maximum Gasteiger partial charge on any atom is 0.0468 e. The zero-order chi connectivity index (χ0) is 9.42. The zero-order valence-corrected chi connectivity index (χ0v) is 8.65. The molecule has 0 bridgehead atoms. The van der Waals surface area contributed by atoms with Gasteiger partial charge in [-0.2, -0.15) is 0 Å². The first kappa shape index (κ1) is 9.32. The highest BCUT2D eigenvalue weighted by atomic mass is 35.5. The van der Waals surface area contributed by atoms with Crippen molar-refractivity contribution in [3.05, 3.63) is 33.8 Å². The molecule has 1 aliphatic carbocycles. The molecule has 1 aromatic carbocycles. The van der Waals surface area contributed by atoms with Crippen LogP contribution in [0, 0.1) is 5.92 Å². The van der Waals surface area contributed by atoms with E-state index in [1.165, 1.54) is 12.8 Å². The molecule has 1 aromatic rings. The molecule has 1 nitrogen and oxygen atoms in total. The Hall–Kier alpha value is -0.240. The maximum absolute atomic E-state index is 6.03. The first-order valence-corrected chi connectivity index (χ1v) is 5.15. The molecule has 0 saturated heterocycles. The Morgan fingerprint density at radius 1 is 1.23 bits per heavy atom. The lowest BCUT2D eigenvalue weighted by Gasteiger charge is -2.14. The molecule has 1 saturated carbocycles. The number of hydrogen-bond donors (Lipinski definition) is 1. The molecule has 0 radical (unpaired) electrons. The van der Waals surface area contributed by atoms with Crippen LogP contribution >= 0.6 is 23.2 Å². The highest BCUT2D eigenvalue weighted by molar-refractivity contribution is 6.36. The third-order valence-corrected chi connectivity index (χ3v) is 3.12. The van der Waals surface area contributed by atoms with Crippen molar-refractivity contribution in [1.29, 1.82) is 0 Å². The van der Waals surface area contributed by atoms with E-state index in [0.29, 0.717) is 16.0 Å². The standard InChI is InChI=1S/C10H11Cl2N/c11-7-2-1-3-8(12)9(7)10(13)6-4-5-6/h1-3,6,10H,4-5,13H2. The van der Waals surface area contributed by atoms with E-state index < -0.39 is 0 Å². The minimum Gasteiger partial charge on any atom is -0.324 e. The van der Waals surface area contributed by atoms with E-state index >= 15 is 0 Å². The third kappa shape index (κ3) is 1.83. The van der Waals surface area contributed by atoms with Crippen LogP contribution in [0.3, 0.4) is 0 Å². The fourth-order valence-electron chi connectivity index (χ4n) is 1.52. The van der Waals surface area contributed by atoms with Crippen molar-refractivity contribution in [1.82, 2.24) is 0 Å². The lowest BCUT2D eigenvalue weighted by atomic mass is 10.0. The SMILES string of the molecule is NC(c1c(Cl)cccc1Cl)C1CC1. The Balaban J connectivity index is 2.36. The van der Waals surface area contributed by atoms with E-state index in [1.807, 2.05) is 18.2 Å². The molecule has 70 valence electrons. The first-order valence-electron chi connectivity index (χ1n) is 4.39. The maximum atomic E-state index is 6.03. The Kier molecular flexibility index (Phi) is 2.50. The summed E-state index contributed by atoms with van der Waals surface area (Å²) >= 11 is 12.1. The molecule has 3 heteroatoms. The van der Waals surface area contributed by atoms with Gasteiger partial charge in [0.25, 0.3) is 0 Å². The van der Waals surface area contributed by atoms with Crippen molar-refractivity contribution in [2.24, 2.45) is 11.7 Å². The van der Waals surface area contributed by atoms with E-state index in [0.717, 1.165) is 5.56 Å². The molecule has 0 spiro atoms. The number of halogens is 2. The molecule has 1 atom stereocenters. The normalized spacial score (nSPS) is 18.7. The zero-order valence-electron chi connectivity index (χ0n) is 7.13. The summed E-state index contributed by atoms with van der Waals surface area (Å²) < 4.78 is 0. The molecule has 13 heavy (non-hydrogen) atoms. The topological polar surface area (TPSA) is 26.0 Å². The van der Waals surface area contributed by atoms with Crippen LogP contribution in [0.5, 0.6) is 0 Å². The van der Waals surface area contributed by atoms with Gasteiger partial charge in [0.05, 0.1) is 0 Å². The Morgan fingerprint density at radius 3 is 2.23 bits per heavy atom. The number of benzene rings is 1. The molecule has 0 amide bonds. The predicted molar refractivity (Wildman–Crippen MR) is 56.1 cm³/mol. The van der Waals surface area contributed by atoms with Crippen LogP contribution in [0.1, 0.15) is 24.4 Å². The summed E-state index contributed by atoms with van der Waals surface area (Å²) in [6.07, 6.45) is 2.39. The van der Waals surface area contributed by atoms with Gasteiger partial charge in [0.1, 0.15) is 0 Å². The molecule has 2 N–H and O–H groups in total. The van der Waals surface area contributed by atoms with Crippen molar-refractivity contribution in [3.63, 3.8) is 0 Å². The molecule has 1 fully saturated rings. The summed E-state index contributed by atoms with van der Waals surface area (Å²) in [5.41, 5.74) is 6.94. The smallest absolute Gasteiger partial charge is 0.0468 e. The average Bonchev–Trinajstić information content (AvgIpc) is 2.85. The lowest BCUT2D eigenvalue weighted by molar-refractivity contribution is 0.634. The molecule has 0 aromatic heterocycles. The second kappa shape index (κ2) is 3.49. The Labute approximate surface area is 87.8 Å². The van der Waals surface area contributed by atoms with Gasteiger partial charge in [-0.25, -0.2) is 0 Å². The van der Waals surface area contributed by atoms with Gasteiger partial charge in [0.15, 0.2) is 0 Å². The molecular formula is C10H11Cl2N. The van der Waals surface area contributed by atoms with Gasteiger partial charge in [-0.3, -0.25) is 0 Å². The number of rotatable bonds is 2. The van der Waals surface area contributed by atoms with Crippen molar-refractivity contribution < 1.29 is 0 Å². The monoisotopic (exact) mass is 215 g/mol. The Morgan fingerprint density at radius 2 is 1.77 bits per heavy atom. The molecule has 0 aliphatic heterocycles. The van der Waals surface area contributed by atoms with E-state index in [2.05, 4.69) is 0 Å². The van der Waals surface area contributed by atoms with Gasteiger partial charge in [-0.05, 0) is 30.9 Å². The van der Waals surface area contributed by atoms with E-state index in [9.17, 15) is 0 Å². The predicted octanol–water partition coefficient (Wildman–Crippen LogP) is 3.40. The van der Waals surface area contributed by atoms with Crippen molar-refractivity contribution >= 4 is 23.2 Å². The van der Waals surface area contributed by atoms with Gasteiger partial charge in [-0.15, -0.1) is 0 Å². The van der Waals surface area contributed by atoms with E-state index in [-0.39, 0.29) is 6.04 Å². The largest absolute Gasteiger partial charge is 0.324 e. The van der Waals surface area contributed by atoms with Crippen LogP contribution in [0.2, 0.25) is 10.0 Å². The van der Waals surface area contributed by atoms with Crippen LogP contribution in [-0.2, 0) is 0 Å². The van der Waals surface area contributed by atoms with Crippen LogP contribution in [-0.4, -0.2) is 0 Å². The number of hydrogen-bond acceptors (Lipinski definition) is 1. The molecular weight excluding hydrogens is 205 g/mol. The summed E-state index contributed by atoms with van der Waals surface area (Å²) in [5.74, 6) is 0.581. The molecule has 0 heterocycles. The first-order chi connectivity index (χ1) is 6.20. The van der Waals surface area contributed by atoms with E-state index in [4.69, 9.17) is 28.9 Å². The van der Waals surface area contributed by atoms with Crippen molar-refractivity contribution in [2.75, 3.05) is 0 Å². The highest BCUT2D eigenvalue weighted by Crippen LogP contribution is 2.43. The fourth-order valence-corrected chi connectivity index (χ4v) is 2.17. The summed E-state index contributed by atoms with van der Waals surface area (Å²) in [6.45, 7) is 0. The molecule has 2 rings (SSSR count). The molecule has 1 aliphatic rings. The Bertz CT molecular complexity index is 300. The third-order valence-electron chi connectivity index (χ3n) is 2.46. The summed E-state index contributed by atoms with van der Waals surface area (Å²) in [4.78, 5) is 0. The van der Waals surface area contributed by atoms with Crippen molar-refractivity contribution in [2.45, 2.75) is 18.9 Å². The van der Waals surface area contributed by atoms with Gasteiger partial charge in [-0.1, -0.05) is 29.3 Å². The van der Waals surface area contributed by atoms with Crippen LogP contribution in [0.15, 0.2) is 18.2 Å². The van der Waals surface area contributed by atoms with Crippen LogP contribution < -0.4 is 5.73 Å². The van der Waals surface area contributed by atoms with Gasteiger partial charge >= 0.3 is 0 Å². The summed E-state index contributed by atoms with van der Waals surface area (Å²) in [5, 5.41) is 1.37. The van der Waals surface area contributed by atoms with Crippen molar-refractivity contribution in [3.8, 4) is 0 Å².